The molecule has 4 aliphatic rings. The van der Waals surface area contributed by atoms with Gasteiger partial charge < -0.3 is 19.8 Å². The third-order valence-corrected chi connectivity index (χ3v) is 7.36. The third kappa shape index (κ3) is 4.81. The SMILES string of the molecule is CC1(C)C[C@@H]2CN(C(=O)CCCO)CC1N(c1ccc(N3CCC(F)(F)CC3)cc1)C2. The Bertz CT molecular complexity index is 774. The standard InChI is InChI=1S/C24H35F2N3O2/c1-23(2)14-18-15-28(22(31)4-3-13-30)17-21(23)29(16-18)20-7-5-19(6-8-20)27-11-9-24(25,26)10-12-27/h5-8,18,21,30H,3-4,9-17H2,1-2H3/t18-,21?/m1/s1. The predicted molar refractivity (Wildman–Crippen MR) is 119 cm³/mol. The van der Waals surface area contributed by atoms with Gasteiger partial charge >= 0.3 is 0 Å². The number of benzene rings is 1. The zero-order valence-corrected chi connectivity index (χ0v) is 18.7. The van der Waals surface area contributed by atoms with Gasteiger partial charge in [-0.05, 0) is 48.4 Å². The monoisotopic (exact) mass is 435 g/mol. The first-order valence-electron chi connectivity index (χ1n) is 11.6. The van der Waals surface area contributed by atoms with E-state index in [1.807, 2.05) is 9.80 Å². The quantitative estimate of drug-likeness (QED) is 0.765. The van der Waals surface area contributed by atoms with Crippen molar-refractivity contribution in [1.82, 2.24) is 4.90 Å². The number of anilines is 2. The normalized spacial score (nSPS) is 27.3. The first kappa shape index (κ1) is 22.3. The lowest BCUT2D eigenvalue weighted by molar-refractivity contribution is -0.131. The molecule has 4 aliphatic heterocycles. The second-order valence-corrected chi connectivity index (χ2v) is 10.2. The Morgan fingerprint density at radius 2 is 1.71 bits per heavy atom. The molecule has 0 radical (unpaired) electrons. The number of piperidine rings is 2. The number of carbonyl (C=O) groups is 1. The van der Waals surface area contributed by atoms with Gasteiger partial charge in [-0.25, -0.2) is 8.78 Å². The number of hydrogen-bond donors (Lipinski definition) is 1. The van der Waals surface area contributed by atoms with Crippen molar-refractivity contribution in [2.45, 2.75) is 57.9 Å². The van der Waals surface area contributed by atoms with Gasteiger partial charge in [0.2, 0.25) is 5.91 Å². The Labute approximate surface area is 184 Å². The molecular formula is C24H35F2N3O2. The van der Waals surface area contributed by atoms with Crippen LogP contribution < -0.4 is 9.80 Å². The van der Waals surface area contributed by atoms with Crippen LogP contribution in [0.4, 0.5) is 20.2 Å². The van der Waals surface area contributed by atoms with Gasteiger partial charge in [0, 0.05) is 70.0 Å². The van der Waals surface area contributed by atoms with Crippen molar-refractivity contribution in [3.8, 4) is 0 Å². The fourth-order valence-electron chi connectivity index (χ4n) is 5.66. The molecule has 1 N–H and O–H groups in total. The van der Waals surface area contributed by atoms with Crippen LogP contribution in [0.5, 0.6) is 0 Å². The van der Waals surface area contributed by atoms with E-state index in [0.717, 1.165) is 30.9 Å². The third-order valence-electron chi connectivity index (χ3n) is 7.36. The van der Waals surface area contributed by atoms with Gasteiger partial charge in [0.1, 0.15) is 0 Å². The second-order valence-electron chi connectivity index (χ2n) is 10.2. The van der Waals surface area contributed by atoms with Crippen molar-refractivity contribution in [1.29, 1.82) is 0 Å². The molecule has 31 heavy (non-hydrogen) atoms. The van der Waals surface area contributed by atoms with Crippen molar-refractivity contribution in [2.75, 3.05) is 49.1 Å². The van der Waals surface area contributed by atoms with Gasteiger partial charge in [-0.2, -0.15) is 0 Å². The van der Waals surface area contributed by atoms with Crippen molar-refractivity contribution in [2.24, 2.45) is 11.3 Å². The summed E-state index contributed by atoms with van der Waals surface area (Å²) in [5.74, 6) is -1.98. The summed E-state index contributed by atoms with van der Waals surface area (Å²) in [6, 6.07) is 8.54. The summed E-state index contributed by atoms with van der Waals surface area (Å²) in [6.07, 6.45) is 1.84. The maximum absolute atomic E-state index is 13.5. The molecule has 2 bridgehead atoms. The first-order valence-corrected chi connectivity index (χ1v) is 11.6. The molecule has 0 spiro atoms. The minimum atomic E-state index is -2.53. The van der Waals surface area contributed by atoms with E-state index in [1.165, 1.54) is 0 Å². The van der Waals surface area contributed by atoms with Crippen molar-refractivity contribution in [3.63, 3.8) is 0 Å². The highest BCUT2D eigenvalue weighted by Gasteiger charge is 2.46. The molecule has 2 atom stereocenters. The zero-order valence-electron chi connectivity index (χ0n) is 18.7. The number of aliphatic hydroxyl groups excluding tert-OH is 1. The van der Waals surface area contributed by atoms with Crippen LogP contribution in [0.2, 0.25) is 0 Å². The zero-order chi connectivity index (χ0) is 22.2. The predicted octanol–water partition coefficient (Wildman–Crippen LogP) is 3.76. The number of fused-ring (bicyclic) bond motifs is 4. The fourth-order valence-corrected chi connectivity index (χ4v) is 5.66. The van der Waals surface area contributed by atoms with Gasteiger partial charge in [0.25, 0.3) is 5.92 Å². The molecule has 4 saturated heterocycles. The van der Waals surface area contributed by atoms with Gasteiger partial charge in [-0.3, -0.25) is 4.79 Å². The fraction of sp³-hybridized carbons (Fsp3) is 0.708. The number of alkyl halides is 2. The van der Waals surface area contributed by atoms with Crippen molar-refractivity contribution >= 4 is 17.3 Å². The highest BCUT2D eigenvalue weighted by molar-refractivity contribution is 5.76. The Hall–Kier alpha value is -1.89. The van der Waals surface area contributed by atoms with Crippen molar-refractivity contribution in [3.05, 3.63) is 24.3 Å². The lowest BCUT2D eigenvalue weighted by Gasteiger charge is -2.48. The molecule has 4 heterocycles. The molecule has 0 saturated carbocycles. The second kappa shape index (κ2) is 8.57. The Kier molecular flexibility index (Phi) is 6.16. The summed E-state index contributed by atoms with van der Waals surface area (Å²) in [4.78, 5) is 19.2. The van der Waals surface area contributed by atoms with Crippen LogP contribution in [0, 0.1) is 11.3 Å². The van der Waals surface area contributed by atoms with E-state index >= 15 is 0 Å². The van der Waals surface area contributed by atoms with E-state index in [4.69, 9.17) is 5.11 Å². The molecule has 4 fully saturated rings. The van der Waals surface area contributed by atoms with Gasteiger partial charge in [-0.15, -0.1) is 0 Å². The molecule has 7 heteroatoms. The number of aliphatic hydroxyl groups is 1. The van der Waals surface area contributed by atoms with Gasteiger partial charge in [0.15, 0.2) is 0 Å². The van der Waals surface area contributed by atoms with Crippen LogP contribution in [0.1, 0.15) is 46.0 Å². The van der Waals surface area contributed by atoms with E-state index in [2.05, 4.69) is 43.0 Å². The number of halogens is 2. The van der Waals surface area contributed by atoms with Gasteiger partial charge in [-0.1, -0.05) is 13.8 Å². The van der Waals surface area contributed by atoms with Crippen LogP contribution in [0.15, 0.2) is 24.3 Å². The van der Waals surface area contributed by atoms with Gasteiger partial charge in [0.05, 0.1) is 6.04 Å². The average Bonchev–Trinajstić information content (AvgIpc) is 2.99. The topological polar surface area (TPSA) is 47.0 Å². The highest BCUT2D eigenvalue weighted by Crippen LogP contribution is 2.43. The number of nitrogens with zero attached hydrogens (tertiary/aromatic N) is 3. The summed E-state index contributed by atoms with van der Waals surface area (Å²) in [5, 5.41) is 9.08. The summed E-state index contributed by atoms with van der Waals surface area (Å²) in [5.41, 5.74) is 2.23. The molecule has 0 aromatic heterocycles. The maximum Gasteiger partial charge on any atom is 0.251 e. The molecule has 1 unspecified atom stereocenters. The minimum Gasteiger partial charge on any atom is -0.396 e. The van der Waals surface area contributed by atoms with Crippen LogP contribution in [-0.2, 0) is 4.79 Å². The smallest absolute Gasteiger partial charge is 0.251 e. The highest BCUT2D eigenvalue weighted by atomic mass is 19.3. The van der Waals surface area contributed by atoms with E-state index in [9.17, 15) is 13.6 Å². The maximum atomic E-state index is 13.5. The molecule has 0 aliphatic carbocycles. The van der Waals surface area contributed by atoms with Crippen molar-refractivity contribution < 1.29 is 18.7 Å². The molecule has 5 rings (SSSR count). The summed E-state index contributed by atoms with van der Waals surface area (Å²) < 4.78 is 27.0. The lowest BCUT2D eigenvalue weighted by Crippen LogP contribution is -2.54. The number of amides is 1. The summed E-state index contributed by atoms with van der Waals surface area (Å²) >= 11 is 0. The molecule has 172 valence electrons. The largest absolute Gasteiger partial charge is 0.396 e. The summed E-state index contributed by atoms with van der Waals surface area (Å²) in [7, 11) is 0. The Morgan fingerprint density at radius 3 is 2.35 bits per heavy atom. The van der Waals surface area contributed by atoms with Crippen LogP contribution in [-0.4, -0.2) is 67.2 Å². The summed E-state index contributed by atoms with van der Waals surface area (Å²) in [6.45, 7) is 7.81. The number of carbonyl (C=O) groups excluding carboxylic acids is 1. The van der Waals surface area contributed by atoms with E-state index < -0.39 is 5.92 Å². The van der Waals surface area contributed by atoms with Crippen LogP contribution in [0.3, 0.4) is 0 Å². The minimum absolute atomic E-state index is 0.0467. The van der Waals surface area contributed by atoms with E-state index in [0.29, 0.717) is 38.4 Å². The van der Waals surface area contributed by atoms with E-state index in [-0.39, 0.29) is 36.8 Å². The Morgan fingerprint density at radius 1 is 1.06 bits per heavy atom. The van der Waals surface area contributed by atoms with Crippen LogP contribution in [0.25, 0.3) is 0 Å². The lowest BCUT2D eigenvalue weighted by atomic mass is 9.73. The molecular weight excluding hydrogens is 400 g/mol. The average molecular weight is 436 g/mol. The van der Waals surface area contributed by atoms with E-state index in [1.54, 1.807) is 0 Å². The molecule has 1 amide bonds. The number of rotatable bonds is 5. The first-order chi connectivity index (χ1) is 14.7. The molecule has 5 nitrogen and oxygen atoms in total. The molecule has 1 aromatic carbocycles. The number of hydrogen-bond acceptors (Lipinski definition) is 4. The Balaban J connectivity index is 1.49. The van der Waals surface area contributed by atoms with Crippen LogP contribution >= 0.6 is 0 Å². The molecule has 1 aromatic rings.